The lowest BCUT2D eigenvalue weighted by atomic mass is 9.98. The zero-order valence-electron chi connectivity index (χ0n) is 33.7. The first-order valence-corrected chi connectivity index (χ1v) is 19.7. The maximum atomic E-state index is 14.4. The van der Waals surface area contributed by atoms with Crippen LogP contribution in [0.4, 0.5) is 0 Å². The Labute approximate surface area is 361 Å². The molecule has 0 amide bonds. The van der Waals surface area contributed by atoms with Crippen LogP contribution < -0.4 is 14.9 Å². The van der Waals surface area contributed by atoms with Gasteiger partial charge in [0.05, 0.1) is 18.8 Å². The molecule has 3 aliphatic heterocycles. The average Bonchev–Trinajstić information content (AvgIpc) is 3.26. The quantitative estimate of drug-likeness (QED) is 0.0477. The number of fused-ring (bicyclic) bond motifs is 1. The number of rotatable bonds is 11. The van der Waals surface area contributed by atoms with Crippen molar-refractivity contribution in [2.24, 2.45) is 0 Å². The molecule has 0 spiro atoms. The van der Waals surface area contributed by atoms with E-state index in [2.05, 4.69) is 0 Å². The van der Waals surface area contributed by atoms with E-state index >= 15 is 0 Å². The van der Waals surface area contributed by atoms with Crippen LogP contribution in [-0.4, -0.2) is 166 Å². The van der Waals surface area contributed by atoms with Crippen LogP contribution in [0.25, 0.3) is 28.4 Å². The summed E-state index contributed by atoms with van der Waals surface area (Å²) in [5, 5.41) is 125. The summed E-state index contributed by atoms with van der Waals surface area (Å²) in [7, 11) is 0. The third kappa shape index (κ3) is 9.44. The molecule has 7 rings (SSSR count). The number of aromatic hydroxyl groups is 4. The lowest BCUT2D eigenvalue weighted by Gasteiger charge is -2.43. The highest BCUT2D eigenvalue weighted by Gasteiger charge is 2.50. The normalized spacial score (nSPS) is 33.2. The minimum absolute atomic E-state index is 0.0312. The van der Waals surface area contributed by atoms with Crippen LogP contribution in [0.1, 0.15) is 19.4 Å². The fraction of sp³-hybridized carbons (Fsp3) is 0.429. The van der Waals surface area contributed by atoms with E-state index in [9.17, 15) is 70.9 Å². The molecule has 12 N–H and O–H groups in total. The van der Waals surface area contributed by atoms with Gasteiger partial charge < -0.3 is 98.9 Å². The van der Waals surface area contributed by atoms with Gasteiger partial charge in [-0.25, -0.2) is 4.79 Å². The largest absolute Gasteiger partial charge is 0.508 e. The smallest absolute Gasteiger partial charge is 0.331 e. The van der Waals surface area contributed by atoms with Gasteiger partial charge in [-0.15, -0.1) is 0 Å². The number of carbonyl (C=O) groups excluding carboxylic acids is 1. The highest BCUT2D eigenvalue weighted by atomic mass is 16.7. The molecule has 15 atom stereocenters. The van der Waals surface area contributed by atoms with Crippen LogP contribution in [0.5, 0.6) is 34.5 Å². The fourth-order valence-corrected chi connectivity index (χ4v) is 7.20. The Balaban J connectivity index is 1.23. The number of phenolic OH excluding ortho intramolecular Hbond substituents is 4. The monoisotopic (exact) mass is 902 g/mol. The molecule has 346 valence electrons. The number of esters is 1. The van der Waals surface area contributed by atoms with Crippen molar-refractivity contribution in [1.29, 1.82) is 0 Å². The van der Waals surface area contributed by atoms with E-state index in [1.807, 2.05) is 0 Å². The molecule has 22 nitrogen and oxygen atoms in total. The second kappa shape index (κ2) is 18.9. The predicted octanol–water partition coefficient (Wildman–Crippen LogP) is -1.22. The standard InChI is InChI=1S/C42H46O22/c1-15-28(48)31(51)34(54)40(58-15)57-14-25-38(63-26(47)10-5-17-3-7-19(43)8-4-17)33(53)36(56)42(62-25)64-39-30(50)27-23(46)12-20(60-41-35(55)32(52)29(49)16(2)59-41)13-24(27)61-37(39)18-6-9-21(44)22(45)11-18/h3-13,15-16,25,28-29,31-36,38,40-46,48-49,51-56H,14H2,1-2H3. The maximum absolute atomic E-state index is 14.4. The Morgan fingerprint density at radius 2 is 1.27 bits per heavy atom. The Hall–Kier alpha value is -5.60. The summed E-state index contributed by atoms with van der Waals surface area (Å²) in [5.74, 6) is -4.73. The van der Waals surface area contributed by atoms with Crippen LogP contribution in [0.3, 0.4) is 0 Å². The van der Waals surface area contributed by atoms with Crippen LogP contribution in [-0.2, 0) is 28.5 Å². The lowest BCUT2D eigenvalue weighted by molar-refractivity contribution is -0.319. The molecular weight excluding hydrogens is 856 g/mol. The maximum Gasteiger partial charge on any atom is 0.331 e. The second-order valence-electron chi connectivity index (χ2n) is 15.4. The van der Waals surface area contributed by atoms with Crippen molar-refractivity contribution in [3.63, 3.8) is 0 Å². The molecule has 3 fully saturated rings. The van der Waals surface area contributed by atoms with E-state index in [4.69, 9.17) is 37.6 Å². The van der Waals surface area contributed by atoms with E-state index < -0.39 is 150 Å². The van der Waals surface area contributed by atoms with Gasteiger partial charge in [-0.05, 0) is 55.8 Å². The molecule has 15 unspecified atom stereocenters. The summed E-state index contributed by atoms with van der Waals surface area (Å²) in [4.78, 5) is 27.4. The van der Waals surface area contributed by atoms with Gasteiger partial charge >= 0.3 is 5.97 Å². The molecule has 64 heavy (non-hydrogen) atoms. The summed E-state index contributed by atoms with van der Waals surface area (Å²) >= 11 is 0. The number of aliphatic hydroxyl groups is 8. The SMILES string of the molecule is CC1OC(OCC2OC(Oc3c(-c4ccc(O)c(O)c4)oc4cc(OC5OC(C)C(O)C(O)C5O)cc(O)c4c3=O)C(O)C(O)C2OC(=O)C=Cc2ccc(O)cc2)C(O)C(O)C1O. The van der Waals surface area contributed by atoms with Crippen molar-refractivity contribution in [2.45, 2.75) is 106 Å². The first-order valence-electron chi connectivity index (χ1n) is 19.7. The summed E-state index contributed by atoms with van der Waals surface area (Å²) in [6.45, 7) is 2.07. The number of benzene rings is 3. The van der Waals surface area contributed by atoms with Crippen molar-refractivity contribution < 1.29 is 104 Å². The van der Waals surface area contributed by atoms with Gasteiger partial charge in [0.25, 0.3) is 0 Å². The van der Waals surface area contributed by atoms with Crippen LogP contribution in [0, 0.1) is 0 Å². The third-order valence-electron chi connectivity index (χ3n) is 10.9. The zero-order chi connectivity index (χ0) is 46.3. The molecule has 0 radical (unpaired) electrons. The van der Waals surface area contributed by atoms with E-state index in [0.29, 0.717) is 5.56 Å². The highest BCUT2D eigenvalue weighted by molar-refractivity contribution is 5.89. The van der Waals surface area contributed by atoms with Gasteiger partial charge in [0.1, 0.15) is 83.2 Å². The van der Waals surface area contributed by atoms with Gasteiger partial charge in [0, 0.05) is 23.8 Å². The number of hydrogen-bond acceptors (Lipinski definition) is 22. The van der Waals surface area contributed by atoms with E-state index in [-0.39, 0.29) is 17.1 Å². The van der Waals surface area contributed by atoms with Crippen LogP contribution >= 0.6 is 0 Å². The molecule has 0 saturated carbocycles. The molecule has 3 aromatic carbocycles. The van der Waals surface area contributed by atoms with E-state index in [1.165, 1.54) is 50.3 Å². The highest BCUT2D eigenvalue weighted by Crippen LogP contribution is 2.40. The average molecular weight is 903 g/mol. The third-order valence-corrected chi connectivity index (χ3v) is 10.9. The topological polar surface area (TPSA) is 355 Å². The van der Waals surface area contributed by atoms with Crippen molar-refractivity contribution in [2.75, 3.05) is 6.61 Å². The van der Waals surface area contributed by atoms with Gasteiger partial charge in [-0.1, -0.05) is 12.1 Å². The Bertz CT molecular complexity index is 2390. The van der Waals surface area contributed by atoms with Crippen molar-refractivity contribution in [3.05, 3.63) is 76.5 Å². The Morgan fingerprint density at radius 3 is 1.92 bits per heavy atom. The molecule has 0 aliphatic carbocycles. The number of hydrogen-bond donors (Lipinski definition) is 12. The minimum atomic E-state index is -2.15. The van der Waals surface area contributed by atoms with Gasteiger partial charge in [0.15, 0.2) is 29.7 Å². The number of phenols is 4. The molecule has 0 bridgehead atoms. The van der Waals surface area contributed by atoms with Crippen LogP contribution in [0.15, 0.2) is 69.9 Å². The summed E-state index contributed by atoms with van der Waals surface area (Å²) < 4.78 is 45.7. The fourth-order valence-electron chi connectivity index (χ4n) is 7.20. The van der Waals surface area contributed by atoms with Crippen molar-refractivity contribution in [1.82, 2.24) is 0 Å². The molecule has 3 aliphatic rings. The van der Waals surface area contributed by atoms with Gasteiger partial charge in [-0.2, -0.15) is 0 Å². The lowest BCUT2D eigenvalue weighted by Crippen LogP contribution is -2.62. The Morgan fingerprint density at radius 1 is 0.656 bits per heavy atom. The molecule has 1 aromatic heterocycles. The van der Waals surface area contributed by atoms with Crippen molar-refractivity contribution >= 4 is 23.0 Å². The number of ether oxygens (including phenoxy) is 7. The van der Waals surface area contributed by atoms with Crippen molar-refractivity contribution in [3.8, 4) is 45.8 Å². The summed E-state index contributed by atoms with van der Waals surface area (Å²) in [6, 6.07) is 10.9. The number of aliphatic hydroxyl groups excluding tert-OH is 8. The molecule has 4 heterocycles. The van der Waals surface area contributed by atoms with Gasteiger partial charge in [0.2, 0.25) is 23.8 Å². The van der Waals surface area contributed by atoms with Gasteiger partial charge in [-0.3, -0.25) is 4.79 Å². The predicted molar refractivity (Wildman–Crippen MR) is 213 cm³/mol. The van der Waals surface area contributed by atoms with Crippen LogP contribution in [0.2, 0.25) is 0 Å². The van der Waals surface area contributed by atoms with E-state index in [1.54, 1.807) is 0 Å². The minimum Gasteiger partial charge on any atom is -0.508 e. The first-order chi connectivity index (χ1) is 30.3. The zero-order valence-corrected chi connectivity index (χ0v) is 33.7. The van der Waals surface area contributed by atoms with E-state index in [0.717, 1.165) is 30.3 Å². The molecule has 4 aromatic rings. The summed E-state index contributed by atoms with van der Waals surface area (Å²) in [5.41, 5.74) is -1.20. The molecule has 3 saturated heterocycles. The first kappa shape index (κ1) is 46.4. The second-order valence-corrected chi connectivity index (χ2v) is 15.4. The Kier molecular flexibility index (Phi) is 13.7. The molecular formula is C42H46O22. The molecule has 22 heteroatoms. The summed E-state index contributed by atoms with van der Waals surface area (Å²) in [6.07, 6.45) is -22.6. The number of carbonyl (C=O) groups is 1.